The lowest BCUT2D eigenvalue weighted by Gasteiger charge is -1.99. The maximum Gasteiger partial charge on any atom is 0.167 e. The fourth-order valence-corrected chi connectivity index (χ4v) is 3.01. The molecule has 0 spiro atoms. The Kier molecular flexibility index (Phi) is 2.84. The number of hydrogen-bond donors (Lipinski definition) is 0. The van der Waals surface area contributed by atoms with Gasteiger partial charge in [0.2, 0.25) is 0 Å². The first-order valence-electron chi connectivity index (χ1n) is 6.93. The number of aldehydes is 1. The summed E-state index contributed by atoms with van der Waals surface area (Å²) in [5, 5.41) is 1.58. The Labute approximate surface area is 131 Å². The van der Waals surface area contributed by atoms with Crippen molar-refractivity contribution in [2.24, 2.45) is 0 Å². The van der Waals surface area contributed by atoms with E-state index in [0.717, 1.165) is 33.9 Å². The molecular formula is C18H12ClNO2. The monoisotopic (exact) mass is 309 g/mol. The van der Waals surface area contributed by atoms with Gasteiger partial charge in [-0.2, -0.15) is 0 Å². The summed E-state index contributed by atoms with van der Waals surface area (Å²) in [5.41, 5.74) is 4.23. The predicted molar refractivity (Wildman–Crippen MR) is 87.7 cm³/mol. The number of aromatic nitrogens is 1. The predicted octanol–water partition coefficient (Wildman–Crippen LogP) is 5.13. The highest BCUT2D eigenvalue weighted by molar-refractivity contribution is 6.31. The first-order chi connectivity index (χ1) is 10.7. The molecule has 0 saturated carbocycles. The number of carbonyl (C=O) groups is 1. The van der Waals surface area contributed by atoms with Crippen LogP contribution in [0.5, 0.6) is 0 Å². The molecule has 4 heteroatoms. The van der Waals surface area contributed by atoms with Crippen LogP contribution in [0.25, 0.3) is 27.8 Å². The van der Waals surface area contributed by atoms with Crippen LogP contribution in [0.4, 0.5) is 0 Å². The van der Waals surface area contributed by atoms with E-state index in [-0.39, 0.29) is 0 Å². The van der Waals surface area contributed by atoms with E-state index in [2.05, 4.69) is 0 Å². The van der Waals surface area contributed by atoms with Crippen molar-refractivity contribution in [3.05, 3.63) is 64.9 Å². The highest BCUT2D eigenvalue weighted by Gasteiger charge is 2.16. The van der Waals surface area contributed by atoms with E-state index in [9.17, 15) is 4.79 Å². The molecular weight excluding hydrogens is 298 g/mol. The largest absolute Gasteiger partial charge is 0.456 e. The van der Waals surface area contributed by atoms with E-state index in [4.69, 9.17) is 16.0 Å². The number of nitrogens with zero attached hydrogens (tertiary/aromatic N) is 1. The molecule has 4 rings (SSSR count). The summed E-state index contributed by atoms with van der Waals surface area (Å²) in [4.78, 5) is 11.6. The zero-order chi connectivity index (χ0) is 15.3. The Bertz CT molecular complexity index is 1030. The van der Waals surface area contributed by atoms with Crippen LogP contribution in [0.15, 0.2) is 53.1 Å². The third-order valence-electron chi connectivity index (χ3n) is 3.92. The molecule has 0 amide bonds. The van der Waals surface area contributed by atoms with Crippen LogP contribution < -0.4 is 0 Å². The van der Waals surface area contributed by atoms with Gasteiger partial charge in [0.15, 0.2) is 6.29 Å². The van der Waals surface area contributed by atoms with Gasteiger partial charge in [-0.15, -0.1) is 0 Å². The van der Waals surface area contributed by atoms with E-state index < -0.39 is 0 Å². The van der Waals surface area contributed by atoms with Gasteiger partial charge in [0.25, 0.3) is 0 Å². The van der Waals surface area contributed by atoms with Crippen molar-refractivity contribution >= 4 is 34.4 Å². The maximum absolute atomic E-state index is 11.6. The lowest BCUT2D eigenvalue weighted by Crippen LogP contribution is -1.92. The van der Waals surface area contributed by atoms with Crippen LogP contribution in [-0.2, 0) is 0 Å². The minimum Gasteiger partial charge on any atom is -0.456 e. The second kappa shape index (κ2) is 4.75. The van der Waals surface area contributed by atoms with Gasteiger partial charge < -0.3 is 8.82 Å². The van der Waals surface area contributed by atoms with Crippen molar-refractivity contribution in [1.82, 2.24) is 4.40 Å². The second-order valence-corrected chi connectivity index (χ2v) is 5.74. The molecule has 0 aliphatic carbocycles. The molecule has 0 atom stereocenters. The van der Waals surface area contributed by atoms with Gasteiger partial charge in [-0.3, -0.25) is 4.79 Å². The second-order valence-electron chi connectivity index (χ2n) is 5.30. The van der Waals surface area contributed by atoms with E-state index >= 15 is 0 Å². The molecule has 1 aromatic carbocycles. The zero-order valence-corrected chi connectivity index (χ0v) is 12.6. The van der Waals surface area contributed by atoms with E-state index in [1.807, 2.05) is 53.9 Å². The number of halogens is 1. The standard InChI is InChI=1S/C18H12ClNO2/c1-11-3-2-6-20-15(11)9-14(16(20)10-21)18-8-12-7-13(19)4-5-17(12)22-18/h2-10H,1H3. The Morgan fingerprint density at radius 1 is 1.18 bits per heavy atom. The van der Waals surface area contributed by atoms with Crippen LogP contribution in [-0.4, -0.2) is 10.7 Å². The first kappa shape index (κ1) is 13.2. The van der Waals surface area contributed by atoms with Crippen LogP contribution in [0.2, 0.25) is 5.02 Å². The average Bonchev–Trinajstić information content (AvgIpc) is 3.07. The fraction of sp³-hybridized carbons (Fsp3) is 0.0556. The molecule has 0 radical (unpaired) electrons. The van der Waals surface area contributed by atoms with E-state index in [1.54, 1.807) is 6.07 Å². The van der Waals surface area contributed by atoms with Crippen LogP contribution in [0.1, 0.15) is 16.1 Å². The zero-order valence-electron chi connectivity index (χ0n) is 11.8. The van der Waals surface area contributed by atoms with Crippen LogP contribution in [0, 0.1) is 6.92 Å². The number of benzene rings is 1. The third kappa shape index (κ3) is 1.86. The number of aryl methyl sites for hydroxylation is 1. The summed E-state index contributed by atoms with van der Waals surface area (Å²) >= 11 is 6.02. The maximum atomic E-state index is 11.6. The minimum absolute atomic E-state index is 0.587. The first-order valence-corrected chi connectivity index (χ1v) is 7.30. The minimum atomic E-state index is 0.587. The van der Waals surface area contributed by atoms with Gasteiger partial charge >= 0.3 is 0 Å². The van der Waals surface area contributed by atoms with E-state index in [1.165, 1.54) is 0 Å². The SMILES string of the molecule is Cc1cccn2c(C=O)c(-c3cc4cc(Cl)ccc4o3)cc12. The smallest absolute Gasteiger partial charge is 0.167 e. The topological polar surface area (TPSA) is 34.6 Å². The van der Waals surface area contributed by atoms with Crippen molar-refractivity contribution in [2.75, 3.05) is 0 Å². The van der Waals surface area contributed by atoms with Crippen molar-refractivity contribution in [1.29, 1.82) is 0 Å². The molecule has 3 heterocycles. The van der Waals surface area contributed by atoms with E-state index in [0.29, 0.717) is 16.5 Å². The Morgan fingerprint density at radius 3 is 2.86 bits per heavy atom. The summed E-state index contributed by atoms with van der Waals surface area (Å²) in [7, 11) is 0. The molecule has 108 valence electrons. The van der Waals surface area contributed by atoms with Crippen molar-refractivity contribution in [3.8, 4) is 11.3 Å². The van der Waals surface area contributed by atoms with Crippen molar-refractivity contribution in [3.63, 3.8) is 0 Å². The fourth-order valence-electron chi connectivity index (χ4n) is 2.83. The number of hydrogen-bond acceptors (Lipinski definition) is 2. The van der Waals surface area contributed by atoms with Gasteiger partial charge in [0, 0.05) is 27.7 Å². The molecule has 22 heavy (non-hydrogen) atoms. The third-order valence-corrected chi connectivity index (χ3v) is 4.15. The van der Waals surface area contributed by atoms with Gasteiger partial charge in [0.1, 0.15) is 11.3 Å². The number of rotatable bonds is 2. The Balaban J connectivity index is 2.03. The lowest BCUT2D eigenvalue weighted by molar-refractivity contribution is 0.111. The summed E-state index contributed by atoms with van der Waals surface area (Å²) < 4.78 is 7.78. The number of fused-ring (bicyclic) bond motifs is 2. The van der Waals surface area contributed by atoms with Crippen molar-refractivity contribution < 1.29 is 9.21 Å². The van der Waals surface area contributed by atoms with Gasteiger partial charge in [-0.1, -0.05) is 17.7 Å². The Hall–Kier alpha value is -2.52. The quantitative estimate of drug-likeness (QED) is 0.481. The van der Waals surface area contributed by atoms with Gasteiger partial charge in [-0.25, -0.2) is 0 Å². The molecule has 0 bridgehead atoms. The number of furan rings is 1. The molecule has 3 aromatic heterocycles. The number of pyridine rings is 1. The molecule has 0 aliphatic rings. The van der Waals surface area contributed by atoms with Crippen LogP contribution >= 0.6 is 11.6 Å². The highest BCUT2D eigenvalue weighted by Crippen LogP contribution is 2.33. The summed E-state index contributed by atoms with van der Waals surface area (Å²) in [5.74, 6) is 0.669. The summed E-state index contributed by atoms with van der Waals surface area (Å²) in [6.07, 6.45) is 2.75. The molecule has 0 N–H and O–H groups in total. The summed E-state index contributed by atoms with van der Waals surface area (Å²) in [6, 6.07) is 13.3. The Morgan fingerprint density at radius 2 is 2.05 bits per heavy atom. The molecule has 0 unspecified atom stereocenters. The molecule has 0 saturated heterocycles. The van der Waals surface area contributed by atoms with Crippen LogP contribution in [0.3, 0.4) is 0 Å². The molecule has 3 nitrogen and oxygen atoms in total. The number of carbonyl (C=O) groups excluding carboxylic acids is 1. The molecule has 4 aromatic rings. The molecule has 0 aliphatic heterocycles. The normalized spacial score (nSPS) is 11.4. The highest BCUT2D eigenvalue weighted by atomic mass is 35.5. The lowest BCUT2D eigenvalue weighted by atomic mass is 10.1. The summed E-state index contributed by atoms with van der Waals surface area (Å²) in [6.45, 7) is 2.02. The molecule has 0 fully saturated rings. The van der Waals surface area contributed by atoms with Crippen molar-refractivity contribution in [2.45, 2.75) is 6.92 Å². The average molecular weight is 310 g/mol. The van der Waals surface area contributed by atoms with Gasteiger partial charge in [-0.05, 0) is 48.9 Å². The van der Waals surface area contributed by atoms with Gasteiger partial charge in [0.05, 0.1) is 5.69 Å².